The topological polar surface area (TPSA) is 39.7 Å². The van der Waals surface area contributed by atoms with Crippen LogP contribution < -0.4 is 14.8 Å². The second kappa shape index (κ2) is 9.60. The fourth-order valence-corrected chi connectivity index (χ4v) is 3.53. The van der Waals surface area contributed by atoms with Crippen LogP contribution in [-0.2, 0) is 11.3 Å². The lowest BCUT2D eigenvalue weighted by Gasteiger charge is -2.17. The Morgan fingerprint density at radius 3 is 2.78 bits per heavy atom. The number of benzene rings is 2. The van der Waals surface area contributed by atoms with Crippen molar-refractivity contribution in [2.75, 3.05) is 20.3 Å². The summed E-state index contributed by atoms with van der Waals surface area (Å²) >= 11 is 18.1. The molecule has 0 aliphatic carbocycles. The van der Waals surface area contributed by atoms with Crippen LogP contribution in [0.15, 0.2) is 36.4 Å². The van der Waals surface area contributed by atoms with Crippen LogP contribution in [0.25, 0.3) is 0 Å². The fraction of sp³-hybridized carbons (Fsp3) is 0.350. The Morgan fingerprint density at radius 2 is 2.07 bits per heavy atom. The van der Waals surface area contributed by atoms with Crippen LogP contribution in [0.2, 0.25) is 10.0 Å². The SMILES string of the molecule is COc1cc(C(=S)NC[C@H]2CCCO2)cc(Cl)c1OCc1ccccc1Cl. The minimum atomic E-state index is 0.207. The van der Waals surface area contributed by atoms with Gasteiger partial charge >= 0.3 is 0 Å². The lowest BCUT2D eigenvalue weighted by molar-refractivity contribution is 0.114. The second-order valence-electron chi connectivity index (χ2n) is 6.21. The molecule has 0 bridgehead atoms. The maximum atomic E-state index is 6.44. The molecule has 0 saturated carbocycles. The van der Waals surface area contributed by atoms with Gasteiger partial charge in [0.1, 0.15) is 11.6 Å². The Morgan fingerprint density at radius 1 is 1.26 bits per heavy atom. The average Bonchev–Trinajstić information content (AvgIpc) is 3.19. The molecule has 1 fully saturated rings. The second-order valence-corrected chi connectivity index (χ2v) is 7.44. The van der Waals surface area contributed by atoms with Crippen molar-refractivity contribution in [1.29, 1.82) is 0 Å². The number of thiocarbonyl (C=S) groups is 1. The van der Waals surface area contributed by atoms with Gasteiger partial charge in [-0.3, -0.25) is 0 Å². The monoisotopic (exact) mass is 425 g/mol. The highest BCUT2D eigenvalue weighted by Gasteiger charge is 2.18. The van der Waals surface area contributed by atoms with Gasteiger partial charge in [-0.05, 0) is 31.0 Å². The van der Waals surface area contributed by atoms with Crippen molar-refractivity contribution in [3.63, 3.8) is 0 Å². The number of methoxy groups -OCH3 is 1. The first-order chi connectivity index (χ1) is 13.1. The van der Waals surface area contributed by atoms with E-state index in [1.807, 2.05) is 30.3 Å². The number of halogens is 2. The third kappa shape index (κ3) is 5.26. The number of hydrogen-bond donors (Lipinski definition) is 1. The predicted molar refractivity (Wildman–Crippen MR) is 112 cm³/mol. The summed E-state index contributed by atoms with van der Waals surface area (Å²) in [5.41, 5.74) is 1.64. The molecule has 1 N–H and O–H groups in total. The summed E-state index contributed by atoms with van der Waals surface area (Å²) in [4.78, 5) is 0.600. The molecule has 3 rings (SSSR count). The van der Waals surface area contributed by atoms with Crippen LogP contribution in [-0.4, -0.2) is 31.4 Å². The maximum Gasteiger partial charge on any atom is 0.180 e. The molecule has 1 atom stereocenters. The van der Waals surface area contributed by atoms with E-state index < -0.39 is 0 Å². The molecule has 2 aromatic rings. The van der Waals surface area contributed by atoms with Gasteiger partial charge in [-0.1, -0.05) is 53.6 Å². The lowest BCUT2D eigenvalue weighted by Crippen LogP contribution is -2.31. The van der Waals surface area contributed by atoms with Gasteiger partial charge in [-0.2, -0.15) is 0 Å². The van der Waals surface area contributed by atoms with E-state index in [4.69, 9.17) is 49.6 Å². The summed E-state index contributed by atoms with van der Waals surface area (Å²) < 4.78 is 16.9. The van der Waals surface area contributed by atoms with E-state index in [0.29, 0.717) is 33.1 Å². The Bertz CT molecular complexity index is 810. The predicted octanol–water partition coefficient (Wildman–Crippen LogP) is 5.03. The standard InChI is InChI=1S/C20H21Cl2NO3S/c1-24-18-10-14(20(27)23-11-15-6-4-8-25-15)9-17(22)19(18)26-12-13-5-2-3-7-16(13)21/h2-3,5,7,9-10,15H,4,6,8,11-12H2,1H3,(H,23,27)/t15-/m1/s1. The Balaban J connectivity index is 1.70. The van der Waals surface area contributed by atoms with E-state index in [0.717, 1.165) is 30.6 Å². The zero-order chi connectivity index (χ0) is 19.2. The molecular formula is C20H21Cl2NO3S. The Labute approximate surface area is 174 Å². The van der Waals surface area contributed by atoms with E-state index >= 15 is 0 Å². The van der Waals surface area contributed by atoms with Crippen LogP contribution in [0.3, 0.4) is 0 Å². The molecule has 4 nitrogen and oxygen atoms in total. The molecule has 0 radical (unpaired) electrons. The maximum absolute atomic E-state index is 6.44. The molecule has 7 heteroatoms. The number of rotatable bonds is 7. The van der Waals surface area contributed by atoms with Crippen LogP contribution in [0.4, 0.5) is 0 Å². The van der Waals surface area contributed by atoms with Crippen molar-refractivity contribution >= 4 is 40.4 Å². The number of nitrogens with one attached hydrogen (secondary N) is 1. The fourth-order valence-electron chi connectivity index (χ4n) is 2.87. The zero-order valence-electron chi connectivity index (χ0n) is 15.0. The third-order valence-electron chi connectivity index (χ3n) is 4.34. The van der Waals surface area contributed by atoms with Crippen molar-refractivity contribution in [2.45, 2.75) is 25.6 Å². The molecule has 0 aromatic heterocycles. The Kier molecular flexibility index (Phi) is 7.19. The van der Waals surface area contributed by atoms with Gasteiger partial charge in [0.25, 0.3) is 0 Å². The smallest absolute Gasteiger partial charge is 0.180 e. The van der Waals surface area contributed by atoms with Gasteiger partial charge in [0.15, 0.2) is 11.5 Å². The van der Waals surface area contributed by atoms with Crippen molar-refractivity contribution in [3.8, 4) is 11.5 Å². The van der Waals surface area contributed by atoms with E-state index in [9.17, 15) is 0 Å². The molecule has 1 aliphatic heterocycles. The lowest BCUT2D eigenvalue weighted by atomic mass is 10.1. The first-order valence-corrected chi connectivity index (χ1v) is 9.88. The van der Waals surface area contributed by atoms with Crippen LogP contribution >= 0.6 is 35.4 Å². The van der Waals surface area contributed by atoms with Gasteiger partial charge in [-0.15, -0.1) is 0 Å². The van der Waals surface area contributed by atoms with E-state index in [2.05, 4.69) is 5.32 Å². The summed E-state index contributed by atoms with van der Waals surface area (Å²) in [6.07, 6.45) is 2.35. The summed E-state index contributed by atoms with van der Waals surface area (Å²) in [6.45, 7) is 1.79. The van der Waals surface area contributed by atoms with Gasteiger partial charge < -0.3 is 19.5 Å². The first kappa shape index (κ1) is 20.2. The summed E-state index contributed by atoms with van der Waals surface area (Å²) in [7, 11) is 1.57. The highest BCUT2D eigenvalue weighted by atomic mass is 35.5. The summed E-state index contributed by atoms with van der Waals surface area (Å²) in [5.74, 6) is 0.982. The molecule has 144 valence electrons. The molecule has 0 spiro atoms. The molecule has 27 heavy (non-hydrogen) atoms. The Hall–Kier alpha value is -1.53. The molecular weight excluding hydrogens is 405 g/mol. The van der Waals surface area contributed by atoms with Crippen LogP contribution in [0, 0.1) is 0 Å². The van der Waals surface area contributed by atoms with E-state index in [1.165, 1.54) is 0 Å². The normalized spacial score (nSPS) is 16.2. The minimum Gasteiger partial charge on any atom is -0.493 e. The highest BCUT2D eigenvalue weighted by molar-refractivity contribution is 7.80. The molecule has 2 aromatic carbocycles. The highest BCUT2D eigenvalue weighted by Crippen LogP contribution is 2.37. The average molecular weight is 426 g/mol. The summed E-state index contributed by atoms with van der Waals surface area (Å²) in [6, 6.07) is 11.1. The number of ether oxygens (including phenoxy) is 3. The van der Waals surface area contributed by atoms with Crippen molar-refractivity contribution in [2.24, 2.45) is 0 Å². The molecule has 0 amide bonds. The largest absolute Gasteiger partial charge is 0.493 e. The zero-order valence-corrected chi connectivity index (χ0v) is 17.3. The summed E-state index contributed by atoms with van der Waals surface area (Å²) in [5, 5.41) is 4.31. The quantitative estimate of drug-likeness (QED) is 0.630. The molecule has 1 saturated heterocycles. The van der Waals surface area contributed by atoms with Gasteiger partial charge in [0.05, 0.1) is 18.2 Å². The molecule has 1 heterocycles. The van der Waals surface area contributed by atoms with Crippen LogP contribution in [0.5, 0.6) is 11.5 Å². The van der Waals surface area contributed by atoms with E-state index in [-0.39, 0.29) is 12.7 Å². The van der Waals surface area contributed by atoms with E-state index in [1.54, 1.807) is 13.2 Å². The van der Waals surface area contributed by atoms with Crippen molar-refractivity contribution < 1.29 is 14.2 Å². The molecule has 1 aliphatic rings. The van der Waals surface area contributed by atoms with Crippen molar-refractivity contribution in [1.82, 2.24) is 5.32 Å². The first-order valence-electron chi connectivity index (χ1n) is 8.72. The third-order valence-corrected chi connectivity index (χ3v) is 5.37. The van der Waals surface area contributed by atoms with Gasteiger partial charge in [0.2, 0.25) is 0 Å². The number of hydrogen-bond acceptors (Lipinski definition) is 4. The molecule has 0 unspecified atom stereocenters. The van der Waals surface area contributed by atoms with Gasteiger partial charge in [-0.25, -0.2) is 0 Å². The minimum absolute atomic E-state index is 0.207. The van der Waals surface area contributed by atoms with Crippen LogP contribution in [0.1, 0.15) is 24.0 Å². The van der Waals surface area contributed by atoms with Gasteiger partial charge in [0, 0.05) is 29.3 Å². The van der Waals surface area contributed by atoms with Crippen molar-refractivity contribution in [3.05, 3.63) is 57.6 Å².